The highest BCUT2D eigenvalue weighted by molar-refractivity contribution is 6.17. The zero-order valence-corrected chi connectivity index (χ0v) is 26.5. The predicted octanol–water partition coefficient (Wildman–Crippen LogP) is 11.2. The average Bonchev–Trinajstić information content (AvgIpc) is 3.57. The summed E-state index contributed by atoms with van der Waals surface area (Å²) >= 11 is 0. The van der Waals surface area contributed by atoms with E-state index in [1.165, 1.54) is 32.3 Å². The van der Waals surface area contributed by atoms with Crippen molar-refractivity contribution in [3.8, 4) is 11.1 Å². The van der Waals surface area contributed by atoms with Crippen LogP contribution in [-0.2, 0) is 0 Å². The standard InChI is InChI=1S/C45H29N3O/c1-2-12-31(13-3-1)43-46-44(34-23-21-30-20-19-29-11-6-7-15-35(29)39(30)27-34)48-45(47-43)38-25-24-36(33-22-18-28-10-4-5-14-32(28)26-33)42-41(38)37-16-8-9-17-40(37)49-42/h1-27,45H,(H,46,47,48). The Labute approximate surface area is 282 Å². The summed E-state index contributed by atoms with van der Waals surface area (Å²) in [6.45, 7) is 0. The summed E-state index contributed by atoms with van der Waals surface area (Å²) in [6, 6.07) is 57.5. The number of aliphatic imine (C=N–C) groups is 2. The van der Waals surface area contributed by atoms with E-state index in [0.29, 0.717) is 5.84 Å². The van der Waals surface area contributed by atoms with Gasteiger partial charge < -0.3 is 9.73 Å². The first-order chi connectivity index (χ1) is 24.3. The molecule has 0 amide bonds. The molecule has 1 aliphatic heterocycles. The van der Waals surface area contributed by atoms with Gasteiger partial charge in [0, 0.05) is 33.0 Å². The van der Waals surface area contributed by atoms with Gasteiger partial charge in [-0.05, 0) is 56.1 Å². The third kappa shape index (κ3) is 4.61. The lowest BCUT2D eigenvalue weighted by molar-refractivity contribution is 0.663. The van der Waals surface area contributed by atoms with Crippen molar-refractivity contribution in [3.05, 3.63) is 180 Å². The van der Waals surface area contributed by atoms with Gasteiger partial charge in [0.1, 0.15) is 23.2 Å². The number of hydrogen-bond acceptors (Lipinski definition) is 4. The molecule has 4 heteroatoms. The number of nitrogens with one attached hydrogen (secondary N) is 1. The molecule has 230 valence electrons. The first kappa shape index (κ1) is 27.6. The highest BCUT2D eigenvalue weighted by atomic mass is 16.3. The Morgan fingerprint density at radius 2 is 1.16 bits per heavy atom. The zero-order valence-electron chi connectivity index (χ0n) is 26.5. The lowest BCUT2D eigenvalue weighted by Crippen LogP contribution is -2.33. The van der Waals surface area contributed by atoms with Gasteiger partial charge in [-0.3, -0.25) is 0 Å². The normalized spacial score (nSPS) is 14.7. The monoisotopic (exact) mass is 627 g/mol. The molecule has 2 heterocycles. The van der Waals surface area contributed by atoms with Gasteiger partial charge in [0.25, 0.3) is 0 Å². The summed E-state index contributed by atoms with van der Waals surface area (Å²) in [5.41, 5.74) is 6.90. The molecule has 0 aliphatic carbocycles. The molecule has 1 aliphatic rings. The molecule has 0 radical (unpaired) electrons. The largest absolute Gasteiger partial charge is 0.455 e. The van der Waals surface area contributed by atoms with Crippen molar-refractivity contribution in [1.82, 2.24) is 5.32 Å². The highest BCUT2D eigenvalue weighted by Crippen LogP contribution is 2.41. The van der Waals surface area contributed by atoms with E-state index in [-0.39, 0.29) is 0 Å². The maximum Gasteiger partial charge on any atom is 0.159 e. The topological polar surface area (TPSA) is 49.9 Å². The summed E-state index contributed by atoms with van der Waals surface area (Å²) < 4.78 is 6.69. The van der Waals surface area contributed by atoms with Crippen molar-refractivity contribution in [2.45, 2.75) is 6.17 Å². The molecule has 9 aromatic rings. The number of para-hydroxylation sites is 1. The Balaban J connectivity index is 1.17. The molecule has 8 aromatic carbocycles. The molecular weight excluding hydrogens is 599 g/mol. The van der Waals surface area contributed by atoms with Crippen LogP contribution in [0.1, 0.15) is 22.9 Å². The van der Waals surface area contributed by atoms with E-state index in [1.54, 1.807) is 0 Å². The quantitative estimate of drug-likeness (QED) is 0.197. The average molecular weight is 628 g/mol. The third-order valence-electron chi connectivity index (χ3n) is 9.71. The van der Waals surface area contributed by atoms with Crippen molar-refractivity contribution in [3.63, 3.8) is 0 Å². The lowest BCUT2D eigenvalue weighted by atomic mass is 9.95. The fraction of sp³-hybridized carbons (Fsp3) is 0.0222. The van der Waals surface area contributed by atoms with E-state index in [4.69, 9.17) is 14.4 Å². The van der Waals surface area contributed by atoms with Crippen molar-refractivity contribution < 1.29 is 4.42 Å². The SMILES string of the molecule is c1ccc(C2=NC(c3ccc(-c4ccc5ccccc5c4)c4oc5ccccc5c34)NC(c3ccc4ccc5ccccc5c4c3)=N2)cc1. The summed E-state index contributed by atoms with van der Waals surface area (Å²) in [4.78, 5) is 10.4. The van der Waals surface area contributed by atoms with Crippen LogP contribution < -0.4 is 5.32 Å². The fourth-order valence-electron chi connectivity index (χ4n) is 7.29. The van der Waals surface area contributed by atoms with Crippen LogP contribution in [0.15, 0.2) is 178 Å². The summed E-state index contributed by atoms with van der Waals surface area (Å²) in [5, 5.41) is 13.1. The van der Waals surface area contributed by atoms with Crippen LogP contribution in [0.5, 0.6) is 0 Å². The Bertz CT molecular complexity index is 2810. The molecule has 10 rings (SSSR count). The number of hydrogen-bond donors (Lipinski definition) is 1. The smallest absolute Gasteiger partial charge is 0.159 e. The minimum absolute atomic E-state index is 0.403. The molecule has 0 spiro atoms. The number of amidine groups is 2. The molecule has 0 saturated heterocycles. The van der Waals surface area contributed by atoms with E-state index >= 15 is 0 Å². The van der Waals surface area contributed by atoms with Crippen LogP contribution in [0.4, 0.5) is 0 Å². The molecule has 1 atom stereocenters. The van der Waals surface area contributed by atoms with Gasteiger partial charge in [0.05, 0.1) is 0 Å². The second-order valence-electron chi connectivity index (χ2n) is 12.6. The van der Waals surface area contributed by atoms with E-state index in [1.807, 2.05) is 30.3 Å². The predicted molar refractivity (Wildman–Crippen MR) is 204 cm³/mol. The van der Waals surface area contributed by atoms with E-state index < -0.39 is 6.17 Å². The van der Waals surface area contributed by atoms with Gasteiger partial charge in [-0.2, -0.15) is 0 Å². The van der Waals surface area contributed by atoms with Crippen LogP contribution in [0, 0.1) is 0 Å². The Hall–Kier alpha value is -6.52. The molecule has 0 fully saturated rings. The second-order valence-corrected chi connectivity index (χ2v) is 12.6. The zero-order chi connectivity index (χ0) is 32.3. The minimum Gasteiger partial charge on any atom is -0.455 e. The molecule has 4 nitrogen and oxygen atoms in total. The van der Waals surface area contributed by atoms with E-state index in [0.717, 1.165) is 55.6 Å². The first-order valence-corrected chi connectivity index (χ1v) is 16.6. The van der Waals surface area contributed by atoms with Crippen LogP contribution in [-0.4, -0.2) is 11.7 Å². The maximum atomic E-state index is 6.69. The fourth-order valence-corrected chi connectivity index (χ4v) is 7.29. The van der Waals surface area contributed by atoms with Gasteiger partial charge in [-0.1, -0.05) is 146 Å². The summed E-state index contributed by atoms with van der Waals surface area (Å²) in [7, 11) is 0. The molecule has 49 heavy (non-hydrogen) atoms. The Morgan fingerprint density at radius 3 is 2.04 bits per heavy atom. The highest BCUT2D eigenvalue weighted by Gasteiger charge is 2.26. The molecule has 1 unspecified atom stereocenters. The van der Waals surface area contributed by atoms with E-state index in [2.05, 4.69) is 139 Å². The van der Waals surface area contributed by atoms with Crippen LogP contribution >= 0.6 is 0 Å². The lowest BCUT2D eigenvalue weighted by Gasteiger charge is -2.25. The third-order valence-corrected chi connectivity index (χ3v) is 9.71. The second kappa shape index (κ2) is 11.0. The van der Waals surface area contributed by atoms with Crippen molar-refractivity contribution in [1.29, 1.82) is 0 Å². The van der Waals surface area contributed by atoms with Gasteiger partial charge >= 0.3 is 0 Å². The number of rotatable bonds is 4. The first-order valence-electron chi connectivity index (χ1n) is 16.6. The number of fused-ring (bicyclic) bond motifs is 7. The molecule has 0 saturated carbocycles. The van der Waals surface area contributed by atoms with Gasteiger partial charge in [-0.15, -0.1) is 0 Å². The molecule has 1 aromatic heterocycles. The van der Waals surface area contributed by atoms with Gasteiger partial charge in [0.2, 0.25) is 0 Å². The van der Waals surface area contributed by atoms with Gasteiger partial charge in [0.15, 0.2) is 5.84 Å². The van der Waals surface area contributed by atoms with Crippen molar-refractivity contribution in [2.75, 3.05) is 0 Å². The number of benzene rings is 8. The maximum absolute atomic E-state index is 6.69. The summed E-state index contributed by atoms with van der Waals surface area (Å²) in [6.07, 6.45) is -0.403. The van der Waals surface area contributed by atoms with Crippen molar-refractivity contribution >= 4 is 65.9 Å². The van der Waals surface area contributed by atoms with Crippen molar-refractivity contribution in [2.24, 2.45) is 9.98 Å². The Morgan fingerprint density at radius 1 is 0.490 bits per heavy atom. The van der Waals surface area contributed by atoms with E-state index in [9.17, 15) is 0 Å². The number of furan rings is 1. The van der Waals surface area contributed by atoms with Crippen LogP contribution in [0.25, 0.3) is 65.4 Å². The molecule has 1 N–H and O–H groups in total. The van der Waals surface area contributed by atoms with Gasteiger partial charge in [-0.25, -0.2) is 9.98 Å². The van der Waals surface area contributed by atoms with Crippen LogP contribution in [0.2, 0.25) is 0 Å². The Kier molecular flexibility index (Phi) is 6.21. The minimum atomic E-state index is -0.403. The molecular formula is C45H29N3O. The molecule has 0 bridgehead atoms. The number of nitrogens with zero attached hydrogens (tertiary/aromatic N) is 2. The van der Waals surface area contributed by atoms with Crippen LogP contribution in [0.3, 0.4) is 0 Å². The summed E-state index contributed by atoms with van der Waals surface area (Å²) in [5.74, 6) is 1.48.